The zero-order valence-corrected chi connectivity index (χ0v) is 14.6. The number of benzene rings is 1. The van der Waals surface area contributed by atoms with E-state index < -0.39 is 11.8 Å². The number of para-hydroxylation sites is 1. The van der Waals surface area contributed by atoms with E-state index in [1.807, 2.05) is 18.2 Å². The summed E-state index contributed by atoms with van der Waals surface area (Å²) in [6.45, 7) is 0.521. The van der Waals surface area contributed by atoms with Crippen molar-refractivity contribution in [1.82, 2.24) is 15.1 Å². The van der Waals surface area contributed by atoms with Gasteiger partial charge in [-0.1, -0.05) is 24.6 Å². The molecule has 1 aliphatic heterocycles. The van der Waals surface area contributed by atoms with E-state index in [9.17, 15) is 9.59 Å². The number of aromatic nitrogens is 2. The van der Waals surface area contributed by atoms with Crippen molar-refractivity contribution in [3.05, 3.63) is 42.1 Å². The molecule has 0 spiro atoms. The molecule has 1 aromatic carbocycles. The van der Waals surface area contributed by atoms with Crippen molar-refractivity contribution in [2.45, 2.75) is 50.5 Å². The molecule has 1 saturated heterocycles. The summed E-state index contributed by atoms with van der Waals surface area (Å²) in [4.78, 5) is 26.7. The van der Waals surface area contributed by atoms with Crippen LogP contribution < -0.4 is 5.32 Å². The summed E-state index contributed by atoms with van der Waals surface area (Å²) in [5.74, 6) is 0.277. The first-order valence-corrected chi connectivity index (χ1v) is 9.22. The number of carbonyl (C=O) groups excluding carboxylic acids is 2. The first-order valence-electron chi connectivity index (χ1n) is 9.22. The molecule has 4 rings (SSSR count). The number of hydrogen-bond acceptors (Lipinski definition) is 5. The Balaban J connectivity index is 1.48. The molecule has 1 atom stereocenters. The quantitative estimate of drug-likeness (QED) is 0.856. The van der Waals surface area contributed by atoms with Gasteiger partial charge in [-0.05, 0) is 44.2 Å². The van der Waals surface area contributed by atoms with Gasteiger partial charge >= 0.3 is 11.8 Å². The van der Waals surface area contributed by atoms with E-state index in [0.717, 1.165) is 32.1 Å². The Bertz CT molecular complexity index is 785. The third kappa shape index (κ3) is 3.34. The molecule has 1 saturated carbocycles. The first-order chi connectivity index (χ1) is 12.7. The number of amides is 2. The van der Waals surface area contributed by atoms with E-state index >= 15 is 0 Å². The smallest absolute Gasteiger partial charge is 0.313 e. The van der Waals surface area contributed by atoms with Gasteiger partial charge in [0.05, 0.1) is 0 Å². The molecule has 1 unspecified atom stereocenters. The van der Waals surface area contributed by atoms with Crippen molar-refractivity contribution >= 4 is 17.5 Å². The maximum atomic E-state index is 12.7. The second-order valence-corrected chi connectivity index (χ2v) is 6.94. The van der Waals surface area contributed by atoms with Crippen LogP contribution in [0.4, 0.5) is 5.69 Å². The van der Waals surface area contributed by atoms with Crippen LogP contribution in [0, 0.1) is 0 Å². The third-order valence-corrected chi connectivity index (χ3v) is 5.19. The van der Waals surface area contributed by atoms with Crippen molar-refractivity contribution in [2.24, 2.45) is 0 Å². The summed E-state index contributed by atoms with van der Waals surface area (Å²) in [6.07, 6.45) is 5.91. The van der Waals surface area contributed by atoms with Gasteiger partial charge < -0.3 is 14.6 Å². The molecule has 1 aromatic heterocycles. The van der Waals surface area contributed by atoms with Crippen LogP contribution in [0.25, 0.3) is 0 Å². The van der Waals surface area contributed by atoms with E-state index in [0.29, 0.717) is 29.9 Å². The standard InChI is InChI=1S/C19H22N4O3/c24-16(20-14-9-2-1-3-10-14)19(25)23-12-5-4-11-15(23)18-22-21-17(26-18)13-7-6-8-13/h1-3,9-10,13,15H,4-8,11-12H2,(H,20,24). The number of hydrogen-bond donors (Lipinski definition) is 1. The zero-order valence-electron chi connectivity index (χ0n) is 14.6. The lowest BCUT2D eigenvalue weighted by Crippen LogP contribution is -2.44. The average molecular weight is 354 g/mol. The molecule has 1 aliphatic carbocycles. The molecular formula is C19H22N4O3. The molecule has 2 fully saturated rings. The number of nitrogens with one attached hydrogen (secondary N) is 1. The maximum Gasteiger partial charge on any atom is 0.313 e. The van der Waals surface area contributed by atoms with Crippen LogP contribution in [-0.2, 0) is 9.59 Å². The number of carbonyl (C=O) groups is 2. The van der Waals surface area contributed by atoms with Crippen LogP contribution >= 0.6 is 0 Å². The van der Waals surface area contributed by atoms with Gasteiger partial charge in [-0.25, -0.2) is 0 Å². The fourth-order valence-electron chi connectivity index (χ4n) is 3.47. The van der Waals surface area contributed by atoms with Crippen molar-refractivity contribution < 1.29 is 14.0 Å². The number of rotatable bonds is 3. The summed E-state index contributed by atoms with van der Waals surface area (Å²) < 4.78 is 5.86. The average Bonchev–Trinajstić information content (AvgIpc) is 3.09. The number of piperidine rings is 1. The minimum Gasteiger partial charge on any atom is -0.423 e. The van der Waals surface area contributed by atoms with Gasteiger partial charge in [0.25, 0.3) is 0 Å². The second kappa shape index (κ2) is 7.27. The molecule has 2 aliphatic rings. The maximum absolute atomic E-state index is 12.7. The summed E-state index contributed by atoms with van der Waals surface area (Å²) in [6, 6.07) is 8.66. The fourth-order valence-corrected chi connectivity index (χ4v) is 3.47. The van der Waals surface area contributed by atoms with Crippen LogP contribution in [-0.4, -0.2) is 33.5 Å². The Morgan fingerprint density at radius 2 is 1.77 bits per heavy atom. The molecule has 2 heterocycles. The van der Waals surface area contributed by atoms with Gasteiger partial charge in [0.15, 0.2) is 0 Å². The van der Waals surface area contributed by atoms with E-state index in [2.05, 4.69) is 15.5 Å². The Morgan fingerprint density at radius 1 is 1.00 bits per heavy atom. The van der Waals surface area contributed by atoms with Gasteiger partial charge in [0.1, 0.15) is 6.04 Å². The lowest BCUT2D eigenvalue weighted by molar-refractivity contribution is -0.146. The molecule has 26 heavy (non-hydrogen) atoms. The van der Waals surface area contributed by atoms with Crippen LogP contribution in [0.15, 0.2) is 34.7 Å². The molecule has 1 N–H and O–H groups in total. The van der Waals surface area contributed by atoms with Crippen LogP contribution in [0.2, 0.25) is 0 Å². The lowest BCUT2D eigenvalue weighted by atomic mass is 9.85. The predicted octanol–water partition coefficient (Wildman–Crippen LogP) is 3.03. The molecule has 7 heteroatoms. The minimum absolute atomic E-state index is 0.320. The molecule has 2 amide bonds. The van der Waals surface area contributed by atoms with Gasteiger partial charge in [-0.2, -0.15) is 0 Å². The van der Waals surface area contributed by atoms with E-state index in [4.69, 9.17) is 4.42 Å². The molecule has 0 radical (unpaired) electrons. The van der Waals surface area contributed by atoms with Crippen molar-refractivity contribution in [3.8, 4) is 0 Å². The van der Waals surface area contributed by atoms with Gasteiger partial charge in [0, 0.05) is 18.2 Å². The molecule has 7 nitrogen and oxygen atoms in total. The zero-order chi connectivity index (χ0) is 17.9. The summed E-state index contributed by atoms with van der Waals surface area (Å²) in [7, 11) is 0. The van der Waals surface area contributed by atoms with E-state index in [1.165, 1.54) is 6.42 Å². The van der Waals surface area contributed by atoms with Crippen LogP contribution in [0.5, 0.6) is 0 Å². The highest BCUT2D eigenvalue weighted by atomic mass is 16.4. The highest BCUT2D eigenvalue weighted by molar-refractivity contribution is 6.39. The van der Waals surface area contributed by atoms with Gasteiger partial charge in [0.2, 0.25) is 11.8 Å². The van der Waals surface area contributed by atoms with E-state index in [-0.39, 0.29) is 6.04 Å². The highest BCUT2D eigenvalue weighted by Gasteiger charge is 2.36. The minimum atomic E-state index is -0.637. The Kier molecular flexibility index (Phi) is 4.69. The fraction of sp³-hybridized carbons (Fsp3) is 0.474. The monoisotopic (exact) mass is 354 g/mol. The topological polar surface area (TPSA) is 88.3 Å². The van der Waals surface area contributed by atoms with Crippen molar-refractivity contribution in [1.29, 1.82) is 0 Å². The van der Waals surface area contributed by atoms with E-state index in [1.54, 1.807) is 17.0 Å². The van der Waals surface area contributed by atoms with Crippen molar-refractivity contribution in [2.75, 3.05) is 11.9 Å². The van der Waals surface area contributed by atoms with Crippen LogP contribution in [0.3, 0.4) is 0 Å². The third-order valence-electron chi connectivity index (χ3n) is 5.19. The number of anilines is 1. The van der Waals surface area contributed by atoms with Gasteiger partial charge in [-0.3, -0.25) is 9.59 Å². The Hall–Kier alpha value is -2.70. The SMILES string of the molecule is O=C(Nc1ccccc1)C(=O)N1CCCCC1c1nnc(C2CCC2)o1. The Labute approximate surface area is 151 Å². The first kappa shape index (κ1) is 16.8. The molecule has 136 valence electrons. The second-order valence-electron chi connectivity index (χ2n) is 6.94. The lowest BCUT2D eigenvalue weighted by Gasteiger charge is -2.33. The normalized spacial score (nSPS) is 20.5. The molecular weight excluding hydrogens is 332 g/mol. The number of nitrogens with zero attached hydrogens (tertiary/aromatic N) is 3. The summed E-state index contributed by atoms with van der Waals surface area (Å²) in [5, 5.41) is 11.0. The summed E-state index contributed by atoms with van der Waals surface area (Å²) >= 11 is 0. The molecule has 2 aromatic rings. The highest BCUT2D eigenvalue weighted by Crippen LogP contribution is 2.37. The van der Waals surface area contributed by atoms with Crippen LogP contribution in [0.1, 0.15) is 62.3 Å². The largest absolute Gasteiger partial charge is 0.423 e. The predicted molar refractivity (Wildman–Crippen MR) is 94.3 cm³/mol. The van der Waals surface area contributed by atoms with Crippen molar-refractivity contribution in [3.63, 3.8) is 0 Å². The Morgan fingerprint density at radius 3 is 2.50 bits per heavy atom. The molecule has 0 bridgehead atoms. The number of likely N-dealkylation sites (tertiary alicyclic amines) is 1. The summed E-state index contributed by atoms with van der Waals surface area (Å²) in [5.41, 5.74) is 0.601. The van der Waals surface area contributed by atoms with Gasteiger partial charge in [-0.15, -0.1) is 10.2 Å².